The van der Waals surface area contributed by atoms with Gasteiger partial charge in [-0.05, 0) is 42.9 Å². The highest BCUT2D eigenvalue weighted by Gasteiger charge is 2.30. The molecule has 2 aromatic rings. The van der Waals surface area contributed by atoms with Crippen molar-refractivity contribution in [2.24, 2.45) is 22.2 Å². The number of nitrogens with one attached hydrogen (secondary N) is 4. The van der Waals surface area contributed by atoms with E-state index in [0.717, 1.165) is 16.5 Å². The van der Waals surface area contributed by atoms with Crippen molar-refractivity contribution in [2.45, 2.75) is 49.9 Å². The Hall–Kier alpha value is -3.82. The van der Waals surface area contributed by atoms with E-state index in [1.165, 1.54) is 11.8 Å². The minimum absolute atomic E-state index is 0.0492. The topological polar surface area (TPSA) is 251 Å². The van der Waals surface area contributed by atoms with E-state index in [1.807, 2.05) is 30.5 Å². The lowest BCUT2D eigenvalue weighted by atomic mass is 10.0. The van der Waals surface area contributed by atoms with Gasteiger partial charge in [-0.25, -0.2) is 4.79 Å². The molecule has 4 unspecified atom stereocenters. The van der Waals surface area contributed by atoms with Crippen LogP contribution in [0.4, 0.5) is 0 Å². The Kier molecular flexibility index (Phi) is 13.2. The molecule has 40 heavy (non-hydrogen) atoms. The lowest BCUT2D eigenvalue weighted by molar-refractivity contribution is -0.142. The molecule has 0 spiro atoms. The monoisotopic (exact) mass is 578 g/mol. The maximum Gasteiger partial charge on any atom is 0.326 e. The number of nitrogens with zero attached hydrogens (tertiary/aromatic N) is 1. The minimum Gasteiger partial charge on any atom is -0.480 e. The first-order valence-electron chi connectivity index (χ1n) is 12.7. The molecule has 1 heterocycles. The van der Waals surface area contributed by atoms with Gasteiger partial charge < -0.3 is 48.3 Å². The van der Waals surface area contributed by atoms with Gasteiger partial charge >= 0.3 is 5.97 Å². The van der Waals surface area contributed by atoms with Crippen LogP contribution in [0.5, 0.6) is 0 Å². The number of H-pyrrole nitrogens is 1. The van der Waals surface area contributed by atoms with E-state index in [2.05, 4.69) is 25.9 Å². The molecule has 15 heteroatoms. The van der Waals surface area contributed by atoms with Crippen LogP contribution in [0.25, 0.3) is 10.9 Å². The van der Waals surface area contributed by atoms with Gasteiger partial charge in [0.2, 0.25) is 17.7 Å². The summed E-state index contributed by atoms with van der Waals surface area (Å²) in [6.45, 7) is -0.451. The van der Waals surface area contributed by atoms with Crippen molar-refractivity contribution >= 4 is 52.3 Å². The summed E-state index contributed by atoms with van der Waals surface area (Å²) in [6, 6.07) is 2.69. The number of hydrogen-bond donors (Lipinski definition) is 9. The number of aliphatic hydroxyl groups is 1. The van der Waals surface area contributed by atoms with Crippen molar-refractivity contribution in [3.05, 3.63) is 36.0 Å². The number of carbonyl (C=O) groups is 4. The number of carboxylic acid groups (broad SMARTS) is 1. The molecule has 1 aromatic carbocycles. The first kappa shape index (κ1) is 32.4. The van der Waals surface area contributed by atoms with Gasteiger partial charge in [0.1, 0.15) is 24.2 Å². The molecule has 220 valence electrons. The largest absolute Gasteiger partial charge is 0.480 e. The van der Waals surface area contributed by atoms with Crippen molar-refractivity contribution in [1.82, 2.24) is 20.9 Å². The van der Waals surface area contributed by atoms with E-state index >= 15 is 0 Å². The molecule has 0 saturated carbocycles. The molecule has 4 atom stereocenters. The molecule has 3 amide bonds. The van der Waals surface area contributed by atoms with Crippen molar-refractivity contribution in [1.29, 1.82) is 0 Å². The number of fused-ring (bicyclic) bond motifs is 1. The summed E-state index contributed by atoms with van der Waals surface area (Å²) in [4.78, 5) is 57.8. The minimum atomic E-state index is -1.26. The molecule has 12 N–H and O–H groups in total. The number of nitrogens with two attached hydrogens (primary N) is 3. The second-order valence-corrected chi connectivity index (χ2v) is 10.1. The van der Waals surface area contributed by atoms with Crippen LogP contribution in [0, 0.1) is 0 Å². The Bertz CT molecular complexity index is 1190. The third kappa shape index (κ3) is 10.1. The van der Waals surface area contributed by atoms with Crippen LogP contribution in [-0.2, 0) is 25.6 Å². The quantitative estimate of drug-likeness (QED) is 0.0589. The number of hydrogen-bond acceptors (Lipinski definition) is 8. The number of guanidine groups is 1. The number of thioether (sulfide) groups is 1. The molecule has 2 rings (SSSR count). The summed E-state index contributed by atoms with van der Waals surface area (Å²) < 4.78 is 0. The number of para-hydroxylation sites is 1. The first-order chi connectivity index (χ1) is 19.1. The number of aliphatic carboxylic acids is 1. The van der Waals surface area contributed by atoms with Gasteiger partial charge in [0.15, 0.2) is 5.96 Å². The maximum absolute atomic E-state index is 13.5. The number of amides is 3. The summed E-state index contributed by atoms with van der Waals surface area (Å²) in [6.07, 6.45) is 4.16. The Morgan fingerprint density at radius 2 is 1.65 bits per heavy atom. The Morgan fingerprint density at radius 3 is 2.30 bits per heavy atom. The molecular formula is C25H38N8O6S. The smallest absolute Gasteiger partial charge is 0.326 e. The first-order valence-corrected chi connectivity index (χ1v) is 14.1. The van der Waals surface area contributed by atoms with Crippen LogP contribution < -0.4 is 33.2 Å². The Labute approximate surface area is 235 Å². The SMILES string of the molecule is CSCCC(NC(=O)C(CCCN=C(N)N)NC(=O)C(Cc1c[nH]c2ccccc12)NC(=O)C(N)CO)C(=O)O. The lowest BCUT2D eigenvalue weighted by Crippen LogP contribution is -2.58. The van der Waals surface area contributed by atoms with Gasteiger partial charge in [-0.3, -0.25) is 19.4 Å². The summed E-state index contributed by atoms with van der Waals surface area (Å²) in [5.41, 5.74) is 17.9. The zero-order chi connectivity index (χ0) is 29.7. The predicted molar refractivity (Wildman–Crippen MR) is 153 cm³/mol. The fraction of sp³-hybridized carbons (Fsp3) is 0.480. The van der Waals surface area contributed by atoms with Crippen LogP contribution >= 0.6 is 11.8 Å². The number of aliphatic hydroxyl groups excluding tert-OH is 1. The molecule has 0 saturated heterocycles. The second-order valence-electron chi connectivity index (χ2n) is 9.10. The number of benzene rings is 1. The normalized spacial score (nSPS) is 14.0. The van der Waals surface area contributed by atoms with Crippen molar-refractivity contribution in [3.8, 4) is 0 Å². The van der Waals surface area contributed by atoms with Crippen molar-refractivity contribution < 1.29 is 29.4 Å². The highest BCUT2D eigenvalue weighted by Crippen LogP contribution is 2.19. The van der Waals surface area contributed by atoms with Gasteiger partial charge in [-0.15, -0.1) is 0 Å². The molecule has 0 aliphatic heterocycles. The van der Waals surface area contributed by atoms with Crippen molar-refractivity contribution in [2.75, 3.05) is 25.2 Å². The summed E-state index contributed by atoms with van der Waals surface area (Å²) >= 11 is 1.44. The van der Waals surface area contributed by atoms with Gasteiger partial charge in [0, 0.05) is 30.1 Å². The maximum atomic E-state index is 13.5. The number of aliphatic imine (C=N–C) groups is 1. The molecule has 0 bridgehead atoms. The van der Waals surface area contributed by atoms with E-state index < -0.39 is 54.5 Å². The summed E-state index contributed by atoms with van der Waals surface area (Å²) in [7, 11) is 0. The number of carbonyl (C=O) groups excluding carboxylic acids is 3. The summed E-state index contributed by atoms with van der Waals surface area (Å²) in [5, 5.41) is 27.4. The molecular weight excluding hydrogens is 540 g/mol. The average Bonchev–Trinajstić information content (AvgIpc) is 3.33. The third-order valence-electron chi connectivity index (χ3n) is 6.07. The van der Waals surface area contributed by atoms with Gasteiger partial charge in [0.25, 0.3) is 0 Å². The number of aromatic amines is 1. The molecule has 0 aliphatic rings. The van der Waals surface area contributed by atoms with Gasteiger partial charge in [-0.1, -0.05) is 18.2 Å². The van der Waals surface area contributed by atoms with Crippen LogP contribution in [0.2, 0.25) is 0 Å². The highest BCUT2D eigenvalue weighted by molar-refractivity contribution is 7.98. The Morgan fingerprint density at radius 1 is 1.00 bits per heavy atom. The van der Waals surface area contributed by atoms with E-state index in [0.29, 0.717) is 12.2 Å². The molecule has 0 aliphatic carbocycles. The molecule has 0 fully saturated rings. The zero-order valence-electron chi connectivity index (χ0n) is 22.3. The Balaban J connectivity index is 2.29. The van der Waals surface area contributed by atoms with E-state index in [9.17, 15) is 29.4 Å². The molecule has 0 radical (unpaired) electrons. The van der Waals surface area contributed by atoms with Crippen LogP contribution in [-0.4, -0.2) is 94.2 Å². The van der Waals surface area contributed by atoms with Crippen LogP contribution in [0.15, 0.2) is 35.5 Å². The van der Waals surface area contributed by atoms with Gasteiger partial charge in [-0.2, -0.15) is 11.8 Å². The van der Waals surface area contributed by atoms with Crippen molar-refractivity contribution in [3.63, 3.8) is 0 Å². The predicted octanol–water partition coefficient (Wildman–Crippen LogP) is -1.62. The fourth-order valence-electron chi connectivity index (χ4n) is 3.90. The standard InChI is InChI=1S/C25H38N8O6S/c1-40-10-8-19(24(38)39)32-22(36)18(7-4-9-29-25(27)28)31-23(37)20(33-21(35)16(26)13-34)11-14-12-30-17-6-3-2-5-15(14)17/h2-3,5-6,12,16,18-20,30,34H,4,7-11,13,26H2,1H3,(H,31,37)(H,32,36)(H,33,35)(H,38,39)(H4,27,28,29). The third-order valence-corrected chi connectivity index (χ3v) is 6.71. The molecule has 14 nitrogen and oxygen atoms in total. The fourth-order valence-corrected chi connectivity index (χ4v) is 4.37. The number of carboxylic acids is 1. The van der Waals surface area contributed by atoms with Gasteiger partial charge in [0.05, 0.1) is 6.61 Å². The summed E-state index contributed by atoms with van der Waals surface area (Å²) in [5.74, 6) is -2.97. The highest BCUT2D eigenvalue weighted by atomic mass is 32.2. The second kappa shape index (κ2) is 16.3. The number of aromatic nitrogens is 1. The lowest BCUT2D eigenvalue weighted by Gasteiger charge is -2.25. The van der Waals surface area contributed by atoms with Crippen LogP contribution in [0.3, 0.4) is 0 Å². The average molecular weight is 579 g/mol. The van der Waals surface area contributed by atoms with E-state index in [-0.39, 0.29) is 31.8 Å². The molecule has 1 aromatic heterocycles. The zero-order valence-corrected chi connectivity index (χ0v) is 23.1. The van der Waals surface area contributed by atoms with E-state index in [4.69, 9.17) is 17.2 Å². The van der Waals surface area contributed by atoms with E-state index in [1.54, 1.807) is 6.20 Å². The van der Waals surface area contributed by atoms with Crippen LogP contribution in [0.1, 0.15) is 24.8 Å². The number of rotatable bonds is 17.